The first-order valence-corrected chi connectivity index (χ1v) is 8.35. The quantitative estimate of drug-likeness (QED) is 0.644. The van der Waals surface area contributed by atoms with E-state index >= 15 is 0 Å². The van der Waals surface area contributed by atoms with Gasteiger partial charge in [0, 0.05) is 18.8 Å². The monoisotopic (exact) mass is 413 g/mol. The van der Waals surface area contributed by atoms with Crippen LogP contribution in [0.25, 0.3) is 0 Å². The molecule has 0 aliphatic rings. The fourth-order valence-electron chi connectivity index (χ4n) is 2.25. The summed E-state index contributed by atoms with van der Waals surface area (Å²) < 4.78 is 5.63. The highest BCUT2D eigenvalue weighted by Gasteiger charge is 2.33. The molecule has 146 valence electrons. The first kappa shape index (κ1) is 26.5. The van der Waals surface area contributed by atoms with Crippen molar-refractivity contribution in [2.45, 2.75) is 26.7 Å². The molecule has 0 bridgehead atoms. The minimum absolute atomic E-state index is 0. The standard InChI is InChI=1S/C17H28ClN3O2.2ClH/c1-5-17(6-2,12-19)16(22)20-13-7-8-15(14(18)11-13)23-10-9-21(3)4;;/h7-8,11H,5-6,9-10,12,19H2,1-4H3,(H,20,22);2*1H. The zero-order valence-electron chi connectivity index (χ0n) is 15.3. The molecule has 1 rings (SSSR count). The summed E-state index contributed by atoms with van der Waals surface area (Å²) >= 11 is 6.23. The Kier molecular flexibility index (Phi) is 13.4. The minimum Gasteiger partial charge on any atom is -0.491 e. The van der Waals surface area contributed by atoms with Gasteiger partial charge < -0.3 is 20.7 Å². The molecule has 1 aromatic carbocycles. The van der Waals surface area contributed by atoms with Gasteiger partial charge in [-0.25, -0.2) is 0 Å². The second-order valence-electron chi connectivity index (χ2n) is 5.94. The lowest BCUT2D eigenvalue weighted by molar-refractivity contribution is -0.125. The van der Waals surface area contributed by atoms with Crippen molar-refractivity contribution in [2.75, 3.05) is 39.1 Å². The van der Waals surface area contributed by atoms with Gasteiger partial charge in [0.25, 0.3) is 0 Å². The van der Waals surface area contributed by atoms with Crippen LogP contribution in [-0.4, -0.2) is 44.6 Å². The van der Waals surface area contributed by atoms with Crippen molar-refractivity contribution < 1.29 is 9.53 Å². The molecule has 8 heteroatoms. The van der Waals surface area contributed by atoms with Gasteiger partial charge in [-0.3, -0.25) is 4.79 Å². The molecule has 5 nitrogen and oxygen atoms in total. The Hall–Kier alpha value is -0.720. The first-order valence-electron chi connectivity index (χ1n) is 7.97. The Labute approximate surface area is 168 Å². The number of nitrogens with one attached hydrogen (secondary N) is 1. The Morgan fingerprint density at radius 3 is 2.32 bits per heavy atom. The summed E-state index contributed by atoms with van der Waals surface area (Å²) in [7, 11) is 3.96. The zero-order valence-corrected chi connectivity index (χ0v) is 17.7. The summed E-state index contributed by atoms with van der Waals surface area (Å²) in [5.74, 6) is 0.546. The molecule has 0 aliphatic carbocycles. The lowest BCUT2D eigenvalue weighted by Crippen LogP contribution is -2.41. The molecule has 0 aromatic heterocycles. The molecule has 0 unspecified atom stereocenters. The number of halogens is 3. The summed E-state index contributed by atoms with van der Waals surface area (Å²) in [6.07, 6.45) is 1.40. The molecule has 0 saturated carbocycles. The number of hydrogen-bond donors (Lipinski definition) is 2. The van der Waals surface area contributed by atoms with Crippen molar-refractivity contribution >= 4 is 48.0 Å². The fourth-order valence-corrected chi connectivity index (χ4v) is 2.49. The van der Waals surface area contributed by atoms with Crippen molar-refractivity contribution in [1.82, 2.24) is 4.90 Å². The summed E-state index contributed by atoms with van der Waals surface area (Å²) in [6.45, 7) is 5.64. The van der Waals surface area contributed by atoms with Crippen LogP contribution in [0, 0.1) is 5.41 Å². The highest BCUT2D eigenvalue weighted by atomic mass is 35.5. The number of carbonyl (C=O) groups is 1. The van der Waals surface area contributed by atoms with Crippen molar-refractivity contribution in [2.24, 2.45) is 11.1 Å². The molecule has 3 N–H and O–H groups in total. The summed E-state index contributed by atoms with van der Waals surface area (Å²) in [6, 6.07) is 5.27. The number of ether oxygens (including phenoxy) is 1. The Bertz CT molecular complexity index is 516. The average Bonchev–Trinajstić information content (AvgIpc) is 2.51. The molecular weight excluding hydrogens is 385 g/mol. The summed E-state index contributed by atoms with van der Waals surface area (Å²) in [4.78, 5) is 14.5. The minimum atomic E-state index is -0.534. The van der Waals surface area contributed by atoms with E-state index in [0.717, 1.165) is 6.54 Å². The van der Waals surface area contributed by atoms with Crippen LogP contribution in [0.1, 0.15) is 26.7 Å². The smallest absolute Gasteiger partial charge is 0.231 e. The van der Waals surface area contributed by atoms with Gasteiger partial charge in [-0.15, -0.1) is 24.8 Å². The highest BCUT2D eigenvalue weighted by molar-refractivity contribution is 6.32. The van der Waals surface area contributed by atoms with E-state index in [9.17, 15) is 4.79 Å². The number of likely N-dealkylation sites (N-methyl/N-ethyl adjacent to an activating group) is 1. The van der Waals surface area contributed by atoms with Crippen LogP contribution in [0.5, 0.6) is 5.75 Å². The maximum absolute atomic E-state index is 12.5. The highest BCUT2D eigenvalue weighted by Crippen LogP contribution is 2.30. The number of carbonyl (C=O) groups excluding carboxylic acids is 1. The molecule has 0 atom stereocenters. The van der Waals surface area contributed by atoms with Crippen molar-refractivity contribution in [3.8, 4) is 5.75 Å². The third-order valence-electron chi connectivity index (χ3n) is 4.21. The van der Waals surface area contributed by atoms with Crippen LogP contribution < -0.4 is 15.8 Å². The predicted molar refractivity (Wildman–Crippen MR) is 111 cm³/mol. The second-order valence-corrected chi connectivity index (χ2v) is 6.35. The van der Waals surface area contributed by atoms with Crippen LogP contribution in [0.4, 0.5) is 5.69 Å². The number of nitrogens with zero attached hydrogens (tertiary/aromatic N) is 1. The van der Waals surface area contributed by atoms with Crippen molar-refractivity contribution in [3.63, 3.8) is 0 Å². The number of benzene rings is 1. The third-order valence-corrected chi connectivity index (χ3v) is 4.51. The molecule has 0 radical (unpaired) electrons. The van der Waals surface area contributed by atoms with Gasteiger partial charge in [-0.2, -0.15) is 0 Å². The molecule has 0 fully saturated rings. The molecule has 0 aliphatic heterocycles. The molecule has 25 heavy (non-hydrogen) atoms. The summed E-state index contributed by atoms with van der Waals surface area (Å²) in [5, 5.41) is 3.39. The molecule has 1 aromatic rings. The SMILES string of the molecule is CCC(CC)(CN)C(=O)Nc1ccc(OCCN(C)C)c(Cl)c1.Cl.Cl. The molecule has 1 amide bonds. The van der Waals surface area contributed by atoms with E-state index in [-0.39, 0.29) is 30.7 Å². The number of hydrogen-bond acceptors (Lipinski definition) is 4. The van der Waals surface area contributed by atoms with E-state index < -0.39 is 5.41 Å². The molecule has 0 spiro atoms. The third kappa shape index (κ3) is 7.59. The van der Waals surface area contributed by atoms with Gasteiger partial charge in [0.05, 0.1) is 10.4 Å². The van der Waals surface area contributed by atoms with E-state index in [2.05, 4.69) is 5.32 Å². The number of amides is 1. The van der Waals surface area contributed by atoms with Gasteiger partial charge in [0.1, 0.15) is 12.4 Å². The van der Waals surface area contributed by atoms with Gasteiger partial charge >= 0.3 is 0 Å². The predicted octanol–water partition coefficient (Wildman–Crippen LogP) is 3.83. The fraction of sp³-hybridized carbons (Fsp3) is 0.588. The molecule has 0 saturated heterocycles. The maximum atomic E-state index is 12.5. The topological polar surface area (TPSA) is 67.6 Å². The van der Waals surface area contributed by atoms with E-state index in [1.54, 1.807) is 18.2 Å². The van der Waals surface area contributed by atoms with E-state index in [1.807, 2.05) is 32.8 Å². The lowest BCUT2D eigenvalue weighted by Gasteiger charge is -2.28. The Balaban J connectivity index is 0. The Morgan fingerprint density at radius 1 is 1.28 bits per heavy atom. The van der Waals surface area contributed by atoms with Crippen LogP contribution in [0.15, 0.2) is 18.2 Å². The van der Waals surface area contributed by atoms with Crippen LogP contribution in [0.2, 0.25) is 5.02 Å². The maximum Gasteiger partial charge on any atom is 0.231 e. The zero-order chi connectivity index (χ0) is 17.5. The largest absolute Gasteiger partial charge is 0.491 e. The lowest BCUT2D eigenvalue weighted by atomic mass is 9.81. The van der Waals surface area contributed by atoms with Gasteiger partial charge in [-0.05, 0) is 45.1 Å². The number of rotatable bonds is 9. The van der Waals surface area contributed by atoms with Gasteiger partial charge in [0.2, 0.25) is 5.91 Å². The molecule has 0 heterocycles. The van der Waals surface area contributed by atoms with Crippen molar-refractivity contribution in [3.05, 3.63) is 23.2 Å². The second kappa shape index (κ2) is 12.6. The first-order chi connectivity index (χ1) is 10.9. The van der Waals surface area contributed by atoms with Gasteiger partial charge in [0.15, 0.2) is 0 Å². The molecular formula is C17H30Cl3N3O2. The normalized spacial score (nSPS) is 10.7. The van der Waals surface area contributed by atoms with E-state index in [4.69, 9.17) is 22.1 Å². The van der Waals surface area contributed by atoms with E-state index in [0.29, 0.717) is 42.5 Å². The van der Waals surface area contributed by atoms with Crippen LogP contribution in [0.3, 0.4) is 0 Å². The average molecular weight is 415 g/mol. The Morgan fingerprint density at radius 2 is 1.88 bits per heavy atom. The van der Waals surface area contributed by atoms with Crippen LogP contribution >= 0.6 is 36.4 Å². The summed E-state index contributed by atoms with van der Waals surface area (Å²) in [5.41, 5.74) is 5.92. The number of nitrogens with two attached hydrogens (primary N) is 1. The number of anilines is 1. The van der Waals surface area contributed by atoms with E-state index in [1.165, 1.54) is 0 Å². The van der Waals surface area contributed by atoms with Crippen LogP contribution in [-0.2, 0) is 4.79 Å². The van der Waals surface area contributed by atoms with Crippen molar-refractivity contribution in [1.29, 1.82) is 0 Å². The van der Waals surface area contributed by atoms with Gasteiger partial charge in [-0.1, -0.05) is 25.4 Å².